The third-order valence-electron chi connectivity index (χ3n) is 12.7. The summed E-state index contributed by atoms with van der Waals surface area (Å²) in [7, 11) is 1.69. The van der Waals surface area contributed by atoms with E-state index in [4.69, 9.17) is 9.47 Å². The molecule has 4 aromatic carbocycles. The molecule has 290 valence electrons. The number of nitrogens with zero attached hydrogens (tertiary/aromatic N) is 4. The zero-order valence-corrected chi connectivity index (χ0v) is 31.9. The Bertz CT molecular complexity index is 2120. The summed E-state index contributed by atoms with van der Waals surface area (Å²) in [5.41, 5.74) is 7.47. The van der Waals surface area contributed by atoms with Crippen LogP contribution in [-0.4, -0.2) is 98.2 Å². The predicted molar refractivity (Wildman–Crippen MR) is 214 cm³/mol. The highest BCUT2D eigenvalue weighted by atomic mass is 16.5. The van der Waals surface area contributed by atoms with Gasteiger partial charge in [-0.1, -0.05) is 30.3 Å². The number of nitrogens with one attached hydrogen (secondary N) is 1. The summed E-state index contributed by atoms with van der Waals surface area (Å²) >= 11 is 0. The smallest absolute Gasteiger partial charge is 0.255 e. The van der Waals surface area contributed by atoms with Crippen LogP contribution in [-0.2, 0) is 16.1 Å². The minimum atomic E-state index is -0.593. The molecular formula is C45H49N5O6. The number of methoxy groups -OCH3 is 1. The molecule has 56 heavy (non-hydrogen) atoms. The lowest BCUT2D eigenvalue weighted by Crippen LogP contribution is -2.52. The molecule has 0 saturated carbocycles. The van der Waals surface area contributed by atoms with Gasteiger partial charge in [0.05, 0.1) is 13.7 Å². The zero-order valence-electron chi connectivity index (χ0n) is 31.9. The molecule has 0 aliphatic carbocycles. The van der Waals surface area contributed by atoms with Crippen molar-refractivity contribution in [2.24, 2.45) is 5.92 Å². The first-order valence-corrected chi connectivity index (χ1v) is 20.0. The van der Waals surface area contributed by atoms with E-state index in [1.54, 1.807) is 24.1 Å². The quantitative estimate of drug-likeness (QED) is 0.225. The molecule has 3 saturated heterocycles. The predicted octanol–water partition coefficient (Wildman–Crippen LogP) is 5.51. The largest absolute Gasteiger partial charge is 0.508 e. The van der Waals surface area contributed by atoms with E-state index in [2.05, 4.69) is 62.5 Å². The Morgan fingerprint density at radius 2 is 1.57 bits per heavy atom. The Labute approximate surface area is 327 Å². The van der Waals surface area contributed by atoms with E-state index in [1.165, 1.54) is 29.7 Å². The number of phenols is 1. The minimum Gasteiger partial charge on any atom is -0.508 e. The van der Waals surface area contributed by atoms with Gasteiger partial charge in [-0.2, -0.15) is 0 Å². The SMILES string of the molecule is COc1cccc([C@H]2COc3cc(O)ccc3[C@H]2c2ccc(N3CCC(CN4CCN(c5ccc6c(c5)CN([C@H]5CCC(=O)NC5=O)C6=O)CC4)CC3)cc2)c1. The van der Waals surface area contributed by atoms with Crippen molar-refractivity contribution in [2.45, 2.75) is 50.1 Å². The monoisotopic (exact) mass is 755 g/mol. The van der Waals surface area contributed by atoms with Gasteiger partial charge < -0.3 is 29.3 Å². The lowest BCUT2D eigenvalue weighted by molar-refractivity contribution is -0.136. The molecule has 11 nitrogen and oxygen atoms in total. The van der Waals surface area contributed by atoms with Crippen LogP contribution >= 0.6 is 0 Å². The van der Waals surface area contributed by atoms with E-state index in [9.17, 15) is 19.5 Å². The van der Waals surface area contributed by atoms with E-state index >= 15 is 0 Å². The van der Waals surface area contributed by atoms with Crippen molar-refractivity contribution in [1.29, 1.82) is 0 Å². The number of fused-ring (bicyclic) bond motifs is 2. The first-order valence-electron chi connectivity index (χ1n) is 20.0. The average Bonchev–Trinajstić information content (AvgIpc) is 3.55. The molecule has 4 aromatic rings. The molecule has 9 rings (SSSR count). The summed E-state index contributed by atoms with van der Waals surface area (Å²) < 4.78 is 11.8. The topological polar surface area (TPSA) is 115 Å². The van der Waals surface area contributed by atoms with Gasteiger partial charge in [0, 0.05) is 99.2 Å². The number of carbonyl (C=O) groups is 3. The van der Waals surface area contributed by atoms with Gasteiger partial charge in [-0.05, 0) is 90.4 Å². The molecule has 0 radical (unpaired) electrons. The molecule has 3 amide bonds. The highest BCUT2D eigenvalue weighted by molar-refractivity contribution is 6.05. The standard InChI is InChI=1S/C45H49N5O6/c1-55-36-4-2-3-31(24-36)39-28-56-41-25-35(51)10-12-38(41)43(39)30-5-7-33(8-6-30)48-17-15-29(16-18-48)26-47-19-21-49(22-20-47)34-9-11-37-32(23-34)27-50(45(37)54)40-13-14-42(52)46-44(40)53/h2-12,23-25,29,39-40,43,51H,13-22,26-28H2,1H3,(H,46,52,53)/t39-,40+,43-/m1/s1. The fraction of sp³-hybridized carbons (Fsp3) is 0.400. The number of rotatable bonds is 8. The van der Waals surface area contributed by atoms with Crippen LogP contribution < -0.4 is 24.6 Å². The van der Waals surface area contributed by atoms with Gasteiger partial charge >= 0.3 is 0 Å². The number of hydrogen-bond donors (Lipinski definition) is 2. The van der Waals surface area contributed by atoms with Crippen LogP contribution in [0.25, 0.3) is 0 Å². The van der Waals surface area contributed by atoms with Gasteiger partial charge in [0.25, 0.3) is 5.91 Å². The Hall–Kier alpha value is -5.55. The van der Waals surface area contributed by atoms with Crippen LogP contribution in [0.1, 0.15) is 70.1 Å². The molecule has 5 heterocycles. The van der Waals surface area contributed by atoms with Crippen molar-refractivity contribution in [3.8, 4) is 17.2 Å². The van der Waals surface area contributed by atoms with Crippen LogP contribution in [0, 0.1) is 5.92 Å². The number of phenolic OH excluding ortho intramolecular Hbond substituents is 1. The number of imide groups is 1. The Balaban J connectivity index is 0.787. The van der Waals surface area contributed by atoms with Gasteiger partial charge in [-0.15, -0.1) is 0 Å². The summed E-state index contributed by atoms with van der Waals surface area (Å²) in [5, 5.41) is 12.6. The Morgan fingerprint density at radius 3 is 2.34 bits per heavy atom. The first-order chi connectivity index (χ1) is 27.3. The molecule has 2 N–H and O–H groups in total. The summed E-state index contributed by atoms with van der Waals surface area (Å²) in [6, 6.07) is 28.3. The highest BCUT2D eigenvalue weighted by Crippen LogP contribution is 2.47. The fourth-order valence-corrected chi connectivity index (χ4v) is 9.55. The molecule has 0 unspecified atom stereocenters. The fourth-order valence-electron chi connectivity index (χ4n) is 9.55. The zero-order chi connectivity index (χ0) is 38.3. The van der Waals surface area contributed by atoms with Crippen molar-refractivity contribution in [3.63, 3.8) is 0 Å². The third-order valence-corrected chi connectivity index (χ3v) is 12.7. The highest BCUT2D eigenvalue weighted by Gasteiger charge is 2.39. The molecule has 5 aliphatic rings. The number of amides is 3. The maximum atomic E-state index is 13.2. The van der Waals surface area contributed by atoms with Gasteiger partial charge in [0.1, 0.15) is 23.3 Å². The second-order valence-corrected chi connectivity index (χ2v) is 15.9. The van der Waals surface area contributed by atoms with E-state index in [0.717, 1.165) is 74.1 Å². The number of piperidine rings is 2. The van der Waals surface area contributed by atoms with Crippen molar-refractivity contribution in [2.75, 3.05) is 69.3 Å². The van der Waals surface area contributed by atoms with E-state index in [-0.39, 0.29) is 41.7 Å². The van der Waals surface area contributed by atoms with Gasteiger partial charge in [0.15, 0.2) is 0 Å². The van der Waals surface area contributed by atoms with Crippen LogP contribution in [0.3, 0.4) is 0 Å². The third kappa shape index (κ3) is 7.04. The van der Waals surface area contributed by atoms with E-state index in [0.29, 0.717) is 31.1 Å². The van der Waals surface area contributed by atoms with Crippen molar-refractivity contribution < 1.29 is 29.0 Å². The molecule has 0 bridgehead atoms. The Kier molecular flexibility index (Phi) is 9.79. The number of carbonyl (C=O) groups excluding carboxylic acids is 3. The maximum Gasteiger partial charge on any atom is 0.255 e. The molecule has 0 aromatic heterocycles. The summed E-state index contributed by atoms with van der Waals surface area (Å²) in [5.74, 6) is 1.85. The number of anilines is 2. The maximum absolute atomic E-state index is 13.2. The number of ether oxygens (including phenoxy) is 2. The van der Waals surface area contributed by atoms with Crippen molar-refractivity contribution in [3.05, 3.63) is 113 Å². The lowest BCUT2D eigenvalue weighted by atomic mass is 9.76. The van der Waals surface area contributed by atoms with Crippen LogP contribution in [0.15, 0.2) is 84.9 Å². The number of aromatic hydroxyl groups is 1. The Morgan fingerprint density at radius 1 is 0.804 bits per heavy atom. The lowest BCUT2D eigenvalue weighted by Gasteiger charge is -2.40. The molecule has 3 atom stereocenters. The van der Waals surface area contributed by atoms with Crippen LogP contribution in [0.2, 0.25) is 0 Å². The minimum absolute atomic E-state index is 0.0777. The second kappa shape index (κ2) is 15.2. The van der Waals surface area contributed by atoms with Gasteiger partial charge in [-0.25, -0.2) is 0 Å². The molecular weight excluding hydrogens is 707 g/mol. The van der Waals surface area contributed by atoms with Crippen molar-refractivity contribution in [1.82, 2.24) is 15.1 Å². The average molecular weight is 756 g/mol. The number of hydrogen-bond acceptors (Lipinski definition) is 9. The van der Waals surface area contributed by atoms with Gasteiger partial charge in [0.2, 0.25) is 11.8 Å². The van der Waals surface area contributed by atoms with E-state index < -0.39 is 6.04 Å². The normalized spacial score (nSPS) is 23.1. The molecule has 5 aliphatic heterocycles. The van der Waals surface area contributed by atoms with Crippen LogP contribution in [0.5, 0.6) is 17.2 Å². The molecule has 11 heteroatoms. The molecule has 0 spiro atoms. The summed E-state index contributed by atoms with van der Waals surface area (Å²) in [4.78, 5) is 46.4. The number of benzene rings is 4. The first kappa shape index (κ1) is 36.1. The van der Waals surface area contributed by atoms with E-state index in [1.807, 2.05) is 30.3 Å². The summed E-state index contributed by atoms with van der Waals surface area (Å²) in [6.07, 6.45) is 2.96. The molecule has 3 fully saturated rings. The van der Waals surface area contributed by atoms with Crippen LogP contribution in [0.4, 0.5) is 11.4 Å². The summed E-state index contributed by atoms with van der Waals surface area (Å²) in [6.45, 7) is 8.00. The van der Waals surface area contributed by atoms with Gasteiger partial charge in [-0.3, -0.25) is 24.6 Å². The van der Waals surface area contributed by atoms with Crippen molar-refractivity contribution >= 4 is 29.1 Å². The second-order valence-electron chi connectivity index (χ2n) is 15.9. The number of piperazine rings is 1.